The average Bonchev–Trinajstić information content (AvgIpc) is 3.26. The van der Waals surface area contributed by atoms with Crippen LogP contribution in [-0.2, 0) is 4.74 Å². The van der Waals surface area contributed by atoms with Crippen LogP contribution in [0.25, 0.3) is 22.2 Å². The van der Waals surface area contributed by atoms with E-state index in [1.54, 1.807) is 27.3 Å². The maximum absolute atomic E-state index is 15.4. The van der Waals surface area contributed by atoms with Crippen molar-refractivity contribution in [2.24, 2.45) is 0 Å². The van der Waals surface area contributed by atoms with Crippen LogP contribution in [0.2, 0.25) is 0 Å². The highest BCUT2D eigenvalue weighted by Crippen LogP contribution is 2.41. The number of nitrogens with zero attached hydrogens (tertiary/aromatic N) is 1. The molecule has 0 aliphatic carbocycles. The number of piperidine rings is 1. The molecular weight excluding hydrogens is 461 g/mol. The maximum atomic E-state index is 15.4. The SMILES string of the molecule is CNC(=O)OCCN1CCC(c2cc3c(C(C)C)c(-c4ccc(OC)c(OC)c4)[nH]c3cc2F)CC1. The van der Waals surface area contributed by atoms with Crippen molar-refractivity contribution in [1.29, 1.82) is 0 Å². The van der Waals surface area contributed by atoms with Gasteiger partial charge in [-0.15, -0.1) is 0 Å². The molecule has 0 unspecified atom stereocenters. The van der Waals surface area contributed by atoms with E-state index < -0.39 is 6.09 Å². The zero-order valence-corrected chi connectivity index (χ0v) is 21.7. The molecule has 1 aliphatic heterocycles. The Morgan fingerprint density at radius 1 is 1.14 bits per heavy atom. The predicted octanol–water partition coefficient (Wildman–Crippen LogP) is 5.65. The molecule has 1 fully saturated rings. The third-order valence-corrected chi connectivity index (χ3v) is 7.08. The molecule has 3 aromatic rings. The van der Waals surface area contributed by atoms with Crippen LogP contribution in [0, 0.1) is 5.82 Å². The molecule has 2 N–H and O–H groups in total. The highest BCUT2D eigenvalue weighted by Gasteiger charge is 2.25. The Bertz CT molecular complexity index is 1220. The predicted molar refractivity (Wildman–Crippen MR) is 140 cm³/mol. The van der Waals surface area contributed by atoms with Crippen molar-refractivity contribution in [1.82, 2.24) is 15.2 Å². The largest absolute Gasteiger partial charge is 0.493 e. The Kier molecular flexibility index (Phi) is 8.04. The van der Waals surface area contributed by atoms with Gasteiger partial charge >= 0.3 is 6.09 Å². The van der Waals surface area contributed by atoms with Gasteiger partial charge in [-0.3, -0.25) is 4.90 Å². The maximum Gasteiger partial charge on any atom is 0.406 e. The Balaban J connectivity index is 1.60. The van der Waals surface area contributed by atoms with E-state index >= 15 is 4.39 Å². The van der Waals surface area contributed by atoms with Crippen molar-refractivity contribution in [2.75, 3.05) is 47.5 Å². The normalized spacial score (nSPS) is 14.9. The van der Waals surface area contributed by atoms with Gasteiger partial charge in [0.05, 0.1) is 19.9 Å². The fourth-order valence-electron chi connectivity index (χ4n) is 5.19. The number of hydrogen-bond donors (Lipinski definition) is 2. The number of halogens is 1. The lowest BCUT2D eigenvalue weighted by Gasteiger charge is -2.32. The summed E-state index contributed by atoms with van der Waals surface area (Å²) in [5.74, 6) is 1.55. The summed E-state index contributed by atoms with van der Waals surface area (Å²) in [6.45, 7) is 7.06. The molecule has 0 spiro atoms. The third-order valence-electron chi connectivity index (χ3n) is 7.08. The Morgan fingerprint density at radius 2 is 1.86 bits per heavy atom. The summed E-state index contributed by atoms with van der Waals surface area (Å²) in [5.41, 5.74) is 4.70. The van der Waals surface area contributed by atoms with Crippen molar-refractivity contribution >= 4 is 17.0 Å². The summed E-state index contributed by atoms with van der Waals surface area (Å²) in [7, 11) is 4.79. The van der Waals surface area contributed by atoms with Gasteiger partial charge in [0, 0.05) is 30.1 Å². The molecule has 2 heterocycles. The monoisotopic (exact) mass is 497 g/mol. The molecule has 1 aromatic heterocycles. The lowest BCUT2D eigenvalue weighted by molar-refractivity contribution is 0.119. The molecule has 194 valence electrons. The van der Waals surface area contributed by atoms with E-state index in [1.165, 1.54) is 5.56 Å². The topological polar surface area (TPSA) is 75.8 Å². The van der Waals surface area contributed by atoms with E-state index in [0.29, 0.717) is 24.7 Å². The lowest BCUT2D eigenvalue weighted by Crippen LogP contribution is -2.36. The first kappa shape index (κ1) is 25.8. The number of H-pyrrole nitrogens is 1. The second-order valence-corrected chi connectivity index (χ2v) is 9.56. The first-order valence-corrected chi connectivity index (χ1v) is 12.5. The molecule has 1 aliphatic rings. The molecule has 0 radical (unpaired) electrons. The third kappa shape index (κ3) is 5.28. The molecule has 7 nitrogen and oxygen atoms in total. The number of likely N-dealkylation sites (tertiary alicyclic amines) is 1. The number of nitrogens with one attached hydrogen (secondary N) is 2. The number of aromatic amines is 1. The number of amides is 1. The number of ether oxygens (including phenoxy) is 3. The molecule has 0 atom stereocenters. The molecule has 4 rings (SSSR count). The zero-order valence-electron chi connectivity index (χ0n) is 21.7. The molecule has 0 saturated carbocycles. The minimum absolute atomic E-state index is 0.157. The number of methoxy groups -OCH3 is 2. The number of carbonyl (C=O) groups excluding carboxylic acids is 1. The molecule has 0 bridgehead atoms. The molecular formula is C28H36FN3O4. The van der Waals surface area contributed by atoms with Crippen molar-refractivity contribution in [2.45, 2.75) is 38.5 Å². The zero-order chi connectivity index (χ0) is 25.8. The van der Waals surface area contributed by atoms with Crippen LogP contribution >= 0.6 is 0 Å². The van der Waals surface area contributed by atoms with Crippen LogP contribution in [0.4, 0.5) is 9.18 Å². The first-order chi connectivity index (χ1) is 17.4. The van der Waals surface area contributed by atoms with Crippen molar-refractivity contribution < 1.29 is 23.4 Å². The summed E-state index contributed by atoms with van der Waals surface area (Å²) in [5, 5.41) is 3.51. The molecule has 2 aromatic carbocycles. The van der Waals surface area contributed by atoms with Crippen molar-refractivity contribution in [3.8, 4) is 22.8 Å². The van der Waals surface area contributed by atoms with E-state index in [9.17, 15) is 4.79 Å². The first-order valence-electron chi connectivity index (χ1n) is 12.5. The van der Waals surface area contributed by atoms with Gasteiger partial charge in [0.15, 0.2) is 11.5 Å². The Morgan fingerprint density at radius 3 is 2.50 bits per heavy atom. The number of carbonyl (C=O) groups is 1. The Labute approximate surface area is 211 Å². The van der Waals surface area contributed by atoms with Crippen LogP contribution in [0.5, 0.6) is 11.5 Å². The molecule has 1 saturated heterocycles. The van der Waals surface area contributed by atoms with Crippen molar-refractivity contribution in [3.05, 3.63) is 47.3 Å². The standard InChI is InChI=1S/C28H36FN3O4/c1-17(2)26-21-15-20(18-8-10-32(11-9-18)12-13-36-28(33)30-3)22(29)16-23(21)31-27(26)19-6-7-24(34-4)25(14-19)35-5/h6-7,14-18,31H,8-13H2,1-5H3,(H,30,33). The van der Waals surface area contributed by atoms with E-state index in [2.05, 4.69) is 35.1 Å². The second kappa shape index (κ2) is 11.2. The van der Waals surface area contributed by atoms with Crippen molar-refractivity contribution in [3.63, 3.8) is 0 Å². The van der Waals surface area contributed by atoms with Crippen LogP contribution in [0.15, 0.2) is 30.3 Å². The second-order valence-electron chi connectivity index (χ2n) is 9.56. The average molecular weight is 498 g/mol. The van der Waals surface area contributed by atoms with E-state index in [4.69, 9.17) is 14.2 Å². The van der Waals surface area contributed by atoms with E-state index in [1.807, 2.05) is 18.2 Å². The molecule has 1 amide bonds. The molecule has 36 heavy (non-hydrogen) atoms. The fourth-order valence-corrected chi connectivity index (χ4v) is 5.19. The number of alkyl carbamates (subject to hydrolysis) is 1. The Hall–Kier alpha value is -3.26. The number of fused-ring (bicyclic) bond motifs is 1. The highest BCUT2D eigenvalue weighted by atomic mass is 19.1. The fraction of sp³-hybridized carbons (Fsp3) is 0.464. The quantitative estimate of drug-likeness (QED) is 0.421. The summed E-state index contributed by atoms with van der Waals surface area (Å²) < 4.78 is 31.4. The van der Waals surface area contributed by atoms with Gasteiger partial charge in [0.2, 0.25) is 0 Å². The van der Waals surface area contributed by atoms with Gasteiger partial charge < -0.3 is 24.5 Å². The lowest BCUT2D eigenvalue weighted by atomic mass is 9.87. The number of hydrogen-bond acceptors (Lipinski definition) is 5. The van der Waals surface area contributed by atoms with Gasteiger partial charge in [-0.1, -0.05) is 13.8 Å². The van der Waals surface area contributed by atoms with Gasteiger partial charge in [0.1, 0.15) is 12.4 Å². The van der Waals surface area contributed by atoms with Crippen LogP contribution in [0.3, 0.4) is 0 Å². The molecule has 8 heteroatoms. The van der Waals surface area contributed by atoms with Gasteiger partial charge in [-0.2, -0.15) is 0 Å². The number of aromatic nitrogens is 1. The summed E-state index contributed by atoms with van der Waals surface area (Å²) in [6.07, 6.45) is 1.32. The van der Waals surface area contributed by atoms with Gasteiger partial charge in [-0.05, 0) is 79.2 Å². The smallest absolute Gasteiger partial charge is 0.406 e. The minimum atomic E-state index is -0.417. The number of rotatable bonds is 8. The van der Waals surface area contributed by atoms with Crippen LogP contribution in [0.1, 0.15) is 49.7 Å². The van der Waals surface area contributed by atoms with Crippen LogP contribution in [-0.4, -0.2) is 63.5 Å². The van der Waals surface area contributed by atoms with Crippen LogP contribution < -0.4 is 14.8 Å². The highest BCUT2D eigenvalue weighted by molar-refractivity contribution is 5.92. The van der Waals surface area contributed by atoms with E-state index in [-0.39, 0.29) is 17.7 Å². The number of benzene rings is 2. The summed E-state index contributed by atoms with van der Waals surface area (Å²) in [4.78, 5) is 17.0. The minimum Gasteiger partial charge on any atom is -0.493 e. The van der Waals surface area contributed by atoms with E-state index in [0.717, 1.165) is 53.7 Å². The summed E-state index contributed by atoms with van der Waals surface area (Å²) in [6, 6.07) is 9.54. The summed E-state index contributed by atoms with van der Waals surface area (Å²) >= 11 is 0. The van der Waals surface area contributed by atoms with Gasteiger partial charge in [-0.25, -0.2) is 9.18 Å². The van der Waals surface area contributed by atoms with Gasteiger partial charge in [0.25, 0.3) is 0 Å².